The van der Waals surface area contributed by atoms with Gasteiger partial charge in [-0.05, 0) is 38.5 Å². The first-order valence-electron chi connectivity index (χ1n) is 7.12. The van der Waals surface area contributed by atoms with E-state index < -0.39 is 0 Å². The lowest BCUT2D eigenvalue weighted by Gasteiger charge is -2.52. The average Bonchev–Trinajstić information content (AvgIpc) is 2.39. The Morgan fingerprint density at radius 2 is 2.32 bits per heavy atom. The normalized spacial score (nSPS) is 38.3. The van der Waals surface area contributed by atoms with E-state index in [1.165, 1.54) is 6.92 Å². The van der Waals surface area contributed by atoms with E-state index in [0.29, 0.717) is 6.10 Å². The highest BCUT2D eigenvalue weighted by Gasteiger charge is 2.52. The van der Waals surface area contributed by atoms with Crippen molar-refractivity contribution in [2.75, 3.05) is 4.43 Å². The SMILES string of the molecule is C=CC[C@]12CC[C@@H](CI)O[C@H]1CCC[C@@H]2OC(C)=O. The molecule has 1 aliphatic heterocycles. The van der Waals surface area contributed by atoms with Gasteiger partial charge in [0, 0.05) is 16.8 Å². The highest BCUT2D eigenvalue weighted by molar-refractivity contribution is 14.1. The van der Waals surface area contributed by atoms with Crippen molar-refractivity contribution >= 4 is 28.6 Å². The van der Waals surface area contributed by atoms with Crippen molar-refractivity contribution in [3.8, 4) is 0 Å². The smallest absolute Gasteiger partial charge is 0.302 e. The van der Waals surface area contributed by atoms with Gasteiger partial charge in [0.2, 0.25) is 0 Å². The van der Waals surface area contributed by atoms with Crippen LogP contribution in [0.5, 0.6) is 0 Å². The van der Waals surface area contributed by atoms with Crippen LogP contribution in [0.4, 0.5) is 0 Å². The number of carbonyl (C=O) groups excluding carboxylic acids is 1. The molecule has 19 heavy (non-hydrogen) atoms. The lowest BCUT2D eigenvalue weighted by atomic mass is 9.63. The molecule has 0 N–H and O–H groups in total. The van der Waals surface area contributed by atoms with Crippen LogP contribution in [0, 0.1) is 5.41 Å². The van der Waals surface area contributed by atoms with Crippen LogP contribution in [0.25, 0.3) is 0 Å². The Kier molecular flexibility index (Phi) is 5.29. The lowest BCUT2D eigenvalue weighted by molar-refractivity contribution is -0.200. The van der Waals surface area contributed by atoms with Gasteiger partial charge in [0.05, 0.1) is 12.2 Å². The van der Waals surface area contributed by atoms with Crippen molar-refractivity contribution in [2.45, 2.75) is 63.8 Å². The summed E-state index contributed by atoms with van der Waals surface area (Å²) < 4.78 is 12.9. The molecule has 1 saturated heterocycles. The number of carbonyl (C=O) groups is 1. The van der Waals surface area contributed by atoms with Gasteiger partial charge in [-0.2, -0.15) is 0 Å². The number of hydrogen-bond donors (Lipinski definition) is 0. The summed E-state index contributed by atoms with van der Waals surface area (Å²) in [6, 6.07) is 0. The van der Waals surface area contributed by atoms with Crippen LogP contribution in [0.3, 0.4) is 0 Å². The molecule has 2 aliphatic rings. The summed E-state index contributed by atoms with van der Waals surface area (Å²) in [4.78, 5) is 11.4. The topological polar surface area (TPSA) is 35.5 Å². The first-order chi connectivity index (χ1) is 9.12. The zero-order valence-corrected chi connectivity index (χ0v) is 13.7. The fourth-order valence-electron chi connectivity index (χ4n) is 3.65. The summed E-state index contributed by atoms with van der Waals surface area (Å²) >= 11 is 2.39. The van der Waals surface area contributed by atoms with E-state index in [4.69, 9.17) is 9.47 Å². The number of allylic oxidation sites excluding steroid dienone is 1. The molecule has 1 heterocycles. The minimum absolute atomic E-state index is 0.00286. The molecule has 2 fully saturated rings. The third-order valence-corrected chi connectivity index (χ3v) is 5.49. The molecule has 3 nitrogen and oxygen atoms in total. The molecule has 4 heteroatoms. The Bertz CT molecular complexity index is 344. The van der Waals surface area contributed by atoms with Crippen LogP contribution < -0.4 is 0 Å². The van der Waals surface area contributed by atoms with Crippen molar-refractivity contribution in [3.05, 3.63) is 12.7 Å². The summed E-state index contributed by atoms with van der Waals surface area (Å²) in [5, 5.41) is 0. The zero-order chi connectivity index (χ0) is 13.9. The Morgan fingerprint density at radius 1 is 1.53 bits per heavy atom. The van der Waals surface area contributed by atoms with Gasteiger partial charge in [0.1, 0.15) is 6.10 Å². The number of hydrogen-bond acceptors (Lipinski definition) is 3. The van der Waals surface area contributed by atoms with Crippen LogP contribution in [0.2, 0.25) is 0 Å². The van der Waals surface area contributed by atoms with Crippen molar-refractivity contribution in [3.63, 3.8) is 0 Å². The molecule has 1 aliphatic carbocycles. The van der Waals surface area contributed by atoms with Crippen molar-refractivity contribution in [1.29, 1.82) is 0 Å². The molecule has 0 unspecified atom stereocenters. The number of alkyl halides is 1. The van der Waals surface area contributed by atoms with Crippen molar-refractivity contribution < 1.29 is 14.3 Å². The summed E-state index contributed by atoms with van der Waals surface area (Å²) in [7, 11) is 0. The molecule has 0 amide bonds. The maximum Gasteiger partial charge on any atom is 0.302 e. The van der Waals surface area contributed by atoms with Crippen molar-refractivity contribution in [1.82, 2.24) is 0 Å². The predicted octanol–water partition coefficient (Wildman–Crippen LogP) is 3.65. The Balaban J connectivity index is 2.21. The van der Waals surface area contributed by atoms with Gasteiger partial charge < -0.3 is 9.47 Å². The first-order valence-corrected chi connectivity index (χ1v) is 8.64. The molecule has 1 saturated carbocycles. The quantitative estimate of drug-likeness (QED) is 0.324. The summed E-state index contributed by atoms with van der Waals surface area (Å²) in [6.07, 6.45) is 8.68. The summed E-state index contributed by atoms with van der Waals surface area (Å²) in [6.45, 7) is 5.40. The predicted molar refractivity (Wildman–Crippen MR) is 83.4 cm³/mol. The first kappa shape index (κ1) is 15.3. The van der Waals surface area contributed by atoms with Crippen LogP contribution in [0.15, 0.2) is 12.7 Å². The van der Waals surface area contributed by atoms with Crippen LogP contribution >= 0.6 is 22.6 Å². The molecule has 4 atom stereocenters. The van der Waals surface area contributed by atoms with Gasteiger partial charge in [-0.3, -0.25) is 4.79 Å². The van der Waals surface area contributed by atoms with E-state index in [1.807, 2.05) is 6.08 Å². The van der Waals surface area contributed by atoms with Gasteiger partial charge in [-0.1, -0.05) is 28.7 Å². The van der Waals surface area contributed by atoms with E-state index in [0.717, 1.165) is 43.0 Å². The molecule has 0 spiro atoms. The summed E-state index contributed by atoms with van der Waals surface area (Å²) in [5.41, 5.74) is -0.0337. The molecule has 0 radical (unpaired) electrons. The number of fused-ring (bicyclic) bond motifs is 1. The van der Waals surface area contributed by atoms with E-state index in [2.05, 4.69) is 29.2 Å². The molecular formula is C15H23IO3. The van der Waals surface area contributed by atoms with Gasteiger partial charge >= 0.3 is 5.97 Å². The second-order valence-corrected chi connectivity index (χ2v) is 6.58. The maximum absolute atomic E-state index is 11.4. The molecule has 108 valence electrons. The van der Waals surface area contributed by atoms with E-state index in [9.17, 15) is 4.79 Å². The molecule has 2 rings (SSSR count). The minimum Gasteiger partial charge on any atom is -0.462 e. The standard InChI is InChI=1S/C15H23IO3/c1-3-8-15-9-7-12(10-16)19-14(15)6-4-5-13(15)18-11(2)17/h3,12-14H,1,4-10H2,2H3/t12-,13-,14-,15+/m0/s1. The molecular weight excluding hydrogens is 355 g/mol. The van der Waals surface area contributed by atoms with Crippen LogP contribution in [-0.4, -0.2) is 28.7 Å². The maximum atomic E-state index is 11.4. The van der Waals surface area contributed by atoms with E-state index in [1.54, 1.807) is 0 Å². The largest absolute Gasteiger partial charge is 0.462 e. The number of ether oxygens (including phenoxy) is 2. The molecule has 0 aromatic carbocycles. The third kappa shape index (κ3) is 3.15. The van der Waals surface area contributed by atoms with E-state index >= 15 is 0 Å². The van der Waals surface area contributed by atoms with Gasteiger partial charge in [-0.15, -0.1) is 6.58 Å². The zero-order valence-electron chi connectivity index (χ0n) is 11.6. The monoisotopic (exact) mass is 378 g/mol. The minimum atomic E-state index is -0.176. The lowest BCUT2D eigenvalue weighted by Crippen LogP contribution is -2.55. The Hall–Kier alpha value is -0.100. The number of rotatable bonds is 4. The fourth-order valence-corrected chi connectivity index (χ4v) is 4.30. The number of esters is 1. The third-order valence-electron chi connectivity index (χ3n) is 4.51. The fraction of sp³-hybridized carbons (Fsp3) is 0.800. The van der Waals surface area contributed by atoms with Crippen LogP contribution in [0.1, 0.15) is 45.4 Å². The van der Waals surface area contributed by atoms with Gasteiger partial charge in [0.15, 0.2) is 0 Å². The highest BCUT2D eigenvalue weighted by atomic mass is 127. The van der Waals surface area contributed by atoms with Gasteiger partial charge in [0.25, 0.3) is 0 Å². The second kappa shape index (κ2) is 6.57. The van der Waals surface area contributed by atoms with E-state index in [-0.39, 0.29) is 23.6 Å². The molecule has 0 aromatic rings. The molecule has 0 bridgehead atoms. The number of halogens is 1. The molecule has 0 aromatic heterocycles. The highest BCUT2D eigenvalue weighted by Crippen LogP contribution is 2.50. The Labute approximate surface area is 129 Å². The second-order valence-electron chi connectivity index (χ2n) is 5.69. The Morgan fingerprint density at radius 3 is 2.95 bits per heavy atom. The van der Waals surface area contributed by atoms with Crippen molar-refractivity contribution in [2.24, 2.45) is 5.41 Å². The van der Waals surface area contributed by atoms with Crippen LogP contribution in [-0.2, 0) is 14.3 Å². The van der Waals surface area contributed by atoms with Gasteiger partial charge in [-0.25, -0.2) is 0 Å². The average molecular weight is 378 g/mol. The summed E-state index contributed by atoms with van der Waals surface area (Å²) in [5.74, 6) is -0.176.